The van der Waals surface area contributed by atoms with Crippen molar-refractivity contribution in [3.63, 3.8) is 0 Å². The molecule has 2 heterocycles. The van der Waals surface area contributed by atoms with Gasteiger partial charge in [0.15, 0.2) is 0 Å². The van der Waals surface area contributed by atoms with E-state index in [1.807, 2.05) is 24.3 Å². The van der Waals surface area contributed by atoms with Crippen LogP contribution in [0.3, 0.4) is 0 Å². The molecule has 0 radical (unpaired) electrons. The molecule has 5 rings (SSSR count). The molecule has 2 aliphatic rings. The van der Waals surface area contributed by atoms with E-state index in [1.165, 1.54) is 28.6 Å². The number of amides is 1. The molecule has 9 heteroatoms. The normalized spacial score (nSPS) is 16.5. The molecule has 1 amide bonds. The van der Waals surface area contributed by atoms with Crippen LogP contribution in [0.25, 0.3) is 0 Å². The third kappa shape index (κ3) is 4.68. The van der Waals surface area contributed by atoms with Gasteiger partial charge in [0.25, 0.3) is 5.91 Å². The molecule has 0 atom stereocenters. The predicted molar refractivity (Wildman–Crippen MR) is 137 cm³/mol. The van der Waals surface area contributed by atoms with Crippen molar-refractivity contribution in [2.24, 2.45) is 0 Å². The molecule has 0 spiro atoms. The van der Waals surface area contributed by atoms with Gasteiger partial charge >= 0.3 is 0 Å². The fourth-order valence-electron chi connectivity index (χ4n) is 4.82. The molecule has 0 unspecified atom stereocenters. The summed E-state index contributed by atoms with van der Waals surface area (Å²) in [5.41, 5.74) is 2.97. The average molecular weight is 510 g/mol. The van der Waals surface area contributed by atoms with Gasteiger partial charge in [-0.05, 0) is 85.1 Å². The highest BCUT2D eigenvalue weighted by Crippen LogP contribution is 2.32. The highest BCUT2D eigenvalue weighted by molar-refractivity contribution is 7.89. The first-order valence-corrected chi connectivity index (χ1v) is 13.4. The number of methoxy groups -OCH3 is 1. The highest BCUT2D eigenvalue weighted by atomic mass is 32.2. The van der Waals surface area contributed by atoms with Crippen LogP contribution in [0.2, 0.25) is 0 Å². The molecular weight excluding hydrogens is 481 g/mol. The van der Waals surface area contributed by atoms with Gasteiger partial charge in [-0.25, -0.2) is 12.8 Å². The molecule has 0 aromatic heterocycles. The van der Waals surface area contributed by atoms with Gasteiger partial charge in [-0.3, -0.25) is 4.79 Å². The number of piperazine rings is 1. The Labute approximate surface area is 210 Å². The minimum Gasteiger partial charge on any atom is -0.497 e. The van der Waals surface area contributed by atoms with E-state index >= 15 is 0 Å². The number of rotatable bonds is 5. The van der Waals surface area contributed by atoms with Crippen molar-refractivity contribution >= 4 is 27.3 Å². The number of benzene rings is 3. The van der Waals surface area contributed by atoms with Crippen molar-refractivity contribution in [3.05, 3.63) is 83.7 Å². The number of hydrogen-bond donors (Lipinski definition) is 0. The lowest BCUT2D eigenvalue weighted by Crippen LogP contribution is -2.48. The van der Waals surface area contributed by atoms with Crippen molar-refractivity contribution < 1.29 is 22.3 Å². The monoisotopic (exact) mass is 509 g/mol. The maximum Gasteiger partial charge on any atom is 0.258 e. The van der Waals surface area contributed by atoms with E-state index in [0.29, 0.717) is 50.4 Å². The Morgan fingerprint density at radius 1 is 0.889 bits per heavy atom. The molecule has 7 nitrogen and oxygen atoms in total. The molecule has 2 aliphatic heterocycles. The largest absolute Gasteiger partial charge is 0.497 e. The molecule has 3 aromatic rings. The number of ether oxygens (including phenoxy) is 1. The molecule has 3 aromatic carbocycles. The molecule has 1 saturated heterocycles. The van der Waals surface area contributed by atoms with Crippen molar-refractivity contribution in [1.82, 2.24) is 4.31 Å². The molecular formula is C27H28FN3O4S. The van der Waals surface area contributed by atoms with E-state index in [9.17, 15) is 17.6 Å². The first-order chi connectivity index (χ1) is 17.4. The fraction of sp³-hybridized carbons (Fsp3) is 0.296. The Morgan fingerprint density at radius 2 is 1.58 bits per heavy atom. The van der Waals surface area contributed by atoms with Gasteiger partial charge in [-0.2, -0.15) is 4.31 Å². The van der Waals surface area contributed by atoms with Crippen LogP contribution in [0.4, 0.5) is 15.8 Å². The number of carbonyl (C=O) groups excluding carboxylic acids is 1. The smallest absolute Gasteiger partial charge is 0.258 e. The van der Waals surface area contributed by atoms with Crippen LogP contribution in [0.15, 0.2) is 71.6 Å². The van der Waals surface area contributed by atoms with E-state index in [2.05, 4.69) is 4.90 Å². The summed E-state index contributed by atoms with van der Waals surface area (Å²) in [4.78, 5) is 17.1. The molecule has 188 valence electrons. The molecule has 36 heavy (non-hydrogen) atoms. The van der Waals surface area contributed by atoms with E-state index in [0.717, 1.165) is 23.4 Å². The van der Waals surface area contributed by atoms with Gasteiger partial charge in [0.1, 0.15) is 11.6 Å². The number of anilines is 2. The number of carbonyl (C=O) groups is 1. The van der Waals surface area contributed by atoms with Gasteiger partial charge in [0.05, 0.1) is 12.0 Å². The van der Waals surface area contributed by atoms with Gasteiger partial charge in [-0.1, -0.05) is 0 Å². The lowest BCUT2D eigenvalue weighted by atomic mass is 10.0. The first-order valence-electron chi connectivity index (χ1n) is 12.0. The zero-order valence-corrected chi connectivity index (χ0v) is 20.9. The van der Waals surface area contributed by atoms with Crippen LogP contribution < -0.4 is 14.5 Å². The van der Waals surface area contributed by atoms with Gasteiger partial charge in [0, 0.05) is 49.7 Å². The minimum absolute atomic E-state index is 0.221. The van der Waals surface area contributed by atoms with Crippen LogP contribution in [0, 0.1) is 5.82 Å². The third-order valence-electron chi connectivity index (χ3n) is 6.82. The Balaban J connectivity index is 1.31. The predicted octanol–water partition coefficient (Wildman–Crippen LogP) is 3.94. The number of aryl methyl sites for hydroxylation is 1. The van der Waals surface area contributed by atoms with Crippen LogP contribution in [0.5, 0.6) is 5.75 Å². The second-order valence-electron chi connectivity index (χ2n) is 8.95. The maximum atomic E-state index is 13.4. The van der Waals surface area contributed by atoms with Gasteiger partial charge in [0.2, 0.25) is 10.0 Å². The second kappa shape index (κ2) is 9.91. The van der Waals surface area contributed by atoms with Gasteiger partial charge in [-0.15, -0.1) is 0 Å². The zero-order chi connectivity index (χ0) is 25.3. The van der Waals surface area contributed by atoms with Crippen molar-refractivity contribution in [1.29, 1.82) is 0 Å². The quantitative estimate of drug-likeness (QED) is 0.521. The number of hydrogen-bond acceptors (Lipinski definition) is 5. The first kappa shape index (κ1) is 24.3. The van der Waals surface area contributed by atoms with Crippen LogP contribution in [0.1, 0.15) is 22.3 Å². The summed E-state index contributed by atoms with van der Waals surface area (Å²) < 4.78 is 46.9. The molecule has 0 N–H and O–H groups in total. The van der Waals surface area contributed by atoms with E-state index in [-0.39, 0.29) is 10.8 Å². The molecule has 1 fully saturated rings. The van der Waals surface area contributed by atoms with Crippen LogP contribution in [-0.4, -0.2) is 58.5 Å². The molecule has 0 saturated carbocycles. The second-order valence-corrected chi connectivity index (χ2v) is 10.9. The van der Waals surface area contributed by atoms with E-state index in [4.69, 9.17) is 4.74 Å². The topological polar surface area (TPSA) is 70.2 Å². The van der Waals surface area contributed by atoms with Crippen molar-refractivity contribution in [3.8, 4) is 5.75 Å². The average Bonchev–Trinajstić information content (AvgIpc) is 2.92. The van der Waals surface area contributed by atoms with E-state index < -0.39 is 15.8 Å². The number of fused-ring (bicyclic) bond motifs is 1. The standard InChI is InChI=1S/C27H28FN3O4S/c1-35-24-10-8-23(9-11-24)29-15-17-30(18-16-29)36(33,34)25-12-13-26-21(19-25)3-2-14-31(26)27(32)20-4-6-22(28)7-5-20/h4-13,19H,2-3,14-18H2,1H3. The fourth-order valence-corrected chi connectivity index (χ4v) is 6.30. The van der Waals surface area contributed by atoms with E-state index in [1.54, 1.807) is 30.2 Å². The Kier molecular flexibility index (Phi) is 6.68. The number of nitrogens with zero attached hydrogens (tertiary/aromatic N) is 3. The SMILES string of the molecule is COc1ccc(N2CCN(S(=O)(=O)c3ccc4c(c3)CCCN4C(=O)c3ccc(F)cc3)CC2)cc1. The summed E-state index contributed by atoms with van der Waals surface area (Å²) in [6, 6.07) is 18.2. The van der Waals surface area contributed by atoms with Crippen molar-refractivity contribution in [2.45, 2.75) is 17.7 Å². The maximum absolute atomic E-state index is 13.4. The third-order valence-corrected chi connectivity index (χ3v) is 8.71. The number of sulfonamides is 1. The van der Waals surface area contributed by atoms with Crippen LogP contribution in [-0.2, 0) is 16.4 Å². The summed E-state index contributed by atoms with van der Waals surface area (Å²) in [7, 11) is -2.04. The Bertz CT molecular complexity index is 1350. The Hall–Kier alpha value is -3.43. The summed E-state index contributed by atoms with van der Waals surface area (Å²) >= 11 is 0. The molecule has 0 bridgehead atoms. The van der Waals surface area contributed by atoms with Gasteiger partial charge < -0.3 is 14.5 Å². The molecule has 0 aliphatic carbocycles. The lowest BCUT2D eigenvalue weighted by molar-refractivity contribution is 0.0985. The minimum atomic E-state index is -3.66. The lowest BCUT2D eigenvalue weighted by Gasteiger charge is -2.35. The summed E-state index contributed by atoms with van der Waals surface area (Å²) in [6.07, 6.45) is 1.42. The summed E-state index contributed by atoms with van der Waals surface area (Å²) in [5, 5.41) is 0. The summed E-state index contributed by atoms with van der Waals surface area (Å²) in [5.74, 6) is 0.164. The Morgan fingerprint density at radius 3 is 2.25 bits per heavy atom. The van der Waals surface area contributed by atoms with Crippen molar-refractivity contribution in [2.75, 3.05) is 49.6 Å². The summed E-state index contributed by atoms with van der Waals surface area (Å²) in [6.45, 7) is 2.50. The zero-order valence-electron chi connectivity index (χ0n) is 20.1. The van der Waals surface area contributed by atoms with Crippen LogP contribution >= 0.6 is 0 Å². The highest BCUT2D eigenvalue weighted by Gasteiger charge is 2.31. The number of halogens is 1.